The van der Waals surface area contributed by atoms with Gasteiger partial charge in [0.05, 0.1) is 6.61 Å². The molecule has 2 aromatic rings. The zero-order valence-electron chi connectivity index (χ0n) is 17.3. The summed E-state index contributed by atoms with van der Waals surface area (Å²) in [6, 6.07) is 5.98. The Kier molecular flexibility index (Phi) is 7.69. The molecule has 5 nitrogen and oxygen atoms in total. The Morgan fingerprint density at radius 2 is 1.75 bits per heavy atom. The molecule has 0 fully saturated rings. The Bertz CT molecular complexity index is 843. The van der Waals surface area contributed by atoms with E-state index in [9.17, 15) is 10.0 Å². The van der Waals surface area contributed by atoms with Crippen LogP contribution in [-0.2, 0) is 12.8 Å². The number of ether oxygens (including phenoxy) is 1. The Morgan fingerprint density at radius 1 is 1.14 bits per heavy atom. The summed E-state index contributed by atoms with van der Waals surface area (Å²) in [4.78, 5) is 13.2. The lowest BCUT2D eigenvalue weighted by molar-refractivity contribution is -0.619. The number of hydrogen-bond acceptors (Lipinski definition) is 3. The average molecular weight is 405 g/mol. The highest BCUT2D eigenvalue weighted by molar-refractivity contribution is 6.33. The number of aryl methyl sites for hydroxylation is 2. The molecule has 0 atom stereocenters. The van der Waals surface area contributed by atoms with Crippen molar-refractivity contribution >= 4 is 23.2 Å². The molecule has 0 aliphatic heterocycles. The van der Waals surface area contributed by atoms with Gasteiger partial charge >= 0.3 is 0 Å². The molecule has 0 unspecified atom stereocenters. The number of nitrogens with one attached hydrogen (secondary N) is 1. The number of halogens is 1. The molecular formula is C22H29ClN2O3. The van der Waals surface area contributed by atoms with Gasteiger partial charge in [-0.1, -0.05) is 57.0 Å². The van der Waals surface area contributed by atoms with Gasteiger partial charge < -0.3 is 15.3 Å². The Hall–Kier alpha value is -2.27. The van der Waals surface area contributed by atoms with Crippen LogP contribution in [0.4, 0.5) is 5.69 Å². The van der Waals surface area contributed by atoms with Crippen LogP contribution in [0.5, 0.6) is 5.75 Å². The van der Waals surface area contributed by atoms with Crippen LogP contribution in [-0.4, -0.2) is 12.5 Å². The van der Waals surface area contributed by atoms with E-state index in [0.29, 0.717) is 17.0 Å². The van der Waals surface area contributed by atoms with Crippen molar-refractivity contribution in [2.75, 3.05) is 11.9 Å². The van der Waals surface area contributed by atoms with E-state index in [1.54, 1.807) is 13.8 Å². The second-order valence-electron chi connectivity index (χ2n) is 6.80. The summed E-state index contributed by atoms with van der Waals surface area (Å²) >= 11 is 6.39. The van der Waals surface area contributed by atoms with Crippen molar-refractivity contribution in [2.24, 2.45) is 0 Å². The van der Waals surface area contributed by atoms with Crippen LogP contribution in [0.3, 0.4) is 0 Å². The number of aromatic nitrogens is 1. The lowest BCUT2D eigenvalue weighted by atomic mass is 10.0. The molecule has 2 rings (SSSR count). The first kappa shape index (κ1) is 22.0. The first-order valence-electron chi connectivity index (χ1n) is 9.84. The fraction of sp³-hybridized carbons (Fsp3) is 0.455. The highest BCUT2D eigenvalue weighted by atomic mass is 35.5. The van der Waals surface area contributed by atoms with Gasteiger partial charge in [-0.3, -0.25) is 4.79 Å². The number of unbranched alkanes of at least 4 members (excludes halogenated alkanes) is 1. The normalized spacial score (nSPS) is 10.8. The summed E-state index contributed by atoms with van der Waals surface area (Å²) in [5, 5.41) is 15.7. The molecule has 0 aliphatic rings. The molecule has 1 heterocycles. The van der Waals surface area contributed by atoms with E-state index in [0.717, 1.165) is 42.5 Å². The Morgan fingerprint density at radius 3 is 2.29 bits per heavy atom. The summed E-state index contributed by atoms with van der Waals surface area (Å²) in [6.07, 6.45) is 3.37. The fourth-order valence-electron chi connectivity index (χ4n) is 3.18. The number of carbonyl (C=O) groups is 1. The number of carbonyl (C=O) groups excluding carboxylic acids is 1. The van der Waals surface area contributed by atoms with E-state index in [1.807, 2.05) is 32.0 Å². The van der Waals surface area contributed by atoms with Crippen molar-refractivity contribution < 1.29 is 14.3 Å². The van der Waals surface area contributed by atoms with Gasteiger partial charge in [-0.05, 0) is 30.4 Å². The molecule has 0 saturated heterocycles. The molecule has 1 aromatic carbocycles. The number of hydrogen-bond donors (Lipinski definition) is 1. The van der Waals surface area contributed by atoms with Crippen LogP contribution in [0.2, 0.25) is 5.02 Å². The molecular weight excluding hydrogens is 376 g/mol. The average Bonchev–Trinajstić information content (AvgIpc) is 2.70. The molecule has 0 bridgehead atoms. The van der Waals surface area contributed by atoms with Gasteiger partial charge in [0.15, 0.2) is 16.3 Å². The van der Waals surface area contributed by atoms with Crippen LogP contribution < -0.4 is 14.8 Å². The van der Waals surface area contributed by atoms with Crippen LogP contribution in [0, 0.1) is 19.1 Å². The second-order valence-corrected chi connectivity index (χ2v) is 7.18. The quantitative estimate of drug-likeness (QED) is 0.376. The first-order valence-corrected chi connectivity index (χ1v) is 10.2. The van der Waals surface area contributed by atoms with Crippen molar-refractivity contribution in [3.63, 3.8) is 0 Å². The maximum Gasteiger partial charge on any atom is 0.265 e. The molecule has 1 amide bonds. The predicted molar refractivity (Wildman–Crippen MR) is 113 cm³/mol. The molecule has 0 saturated carbocycles. The number of anilines is 1. The molecule has 1 aromatic heterocycles. The van der Waals surface area contributed by atoms with Crippen LogP contribution in [0.25, 0.3) is 0 Å². The monoisotopic (exact) mass is 404 g/mol. The third-order valence-corrected chi connectivity index (χ3v) is 5.37. The topological polar surface area (TPSA) is 65.3 Å². The maximum absolute atomic E-state index is 13.2. The van der Waals surface area contributed by atoms with Crippen molar-refractivity contribution in [1.82, 2.24) is 0 Å². The van der Waals surface area contributed by atoms with Gasteiger partial charge in [0, 0.05) is 19.5 Å². The van der Waals surface area contributed by atoms with Gasteiger partial charge in [0.2, 0.25) is 11.4 Å². The molecule has 0 spiro atoms. The summed E-state index contributed by atoms with van der Waals surface area (Å²) in [5.41, 5.74) is 3.68. The number of pyridine rings is 1. The van der Waals surface area contributed by atoms with Gasteiger partial charge in [-0.2, -0.15) is 4.73 Å². The minimum Gasteiger partial charge on any atom is -0.618 e. The standard InChI is InChI=1S/C22H29ClN2O3/c1-6-9-13-28-21-18(14(4)25(27)15(5)19(21)23)22(26)24-20-16(7-2)11-10-12-17(20)8-3/h10-12H,6-9,13H2,1-5H3,(H,24,26). The zero-order chi connectivity index (χ0) is 20.8. The summed E-state index contributed by atoms with van der Waals surface area (Å²) < 4.78 is 6.54. The summed E-state index contributed by atoms with van der Waals surface area (Å²) in [5.74, 6) is -0.104. The lowest BCUT2D eigenvalue weighted by Gasteiger charge is -2.19. The lowest BCUT2D eigenvalue weighted by Crippen LogP contribution is -2.37. The third-order valence-electron chi connectivity index (χ3n) is 4.92. The number of amides is 1. The van der Waals surface area contributed by atoms with Crippen molar-refractivity contribution in [3.05, 3.63) is 56.5 Å². The van der Waals surface area contributed by atoms with Gasteiger partial charge in [0.1, 0.15) is 0 Å². The van der Waals surface area contributed by atoms with Crippen molar-refractivity contribution in [2.45, 2.75) is 60.3 Å². The van der Waals surface area contributed by atoms with Crippen LogP contribution in [0.1, 0.15) is 66.5 Å². The molecule has 6 heteroatoms. The fourth-order valence-corrected chi connectivity index (χ4v) is 3.41. The first-order chi connectivity index (χ1) is 13.4. The van der Waals surface area contributed by atoms with Crippen molar-refractivity contribution in [3.8, 4) is 5.75 Å². The number of rotatable bonds is 8. The van der Waals surface area contributed by atoms with E-state index in [-0.39, 0.29) is 27.9 Å². The number of nitrogens with zero attached hydrogens (tertiary/aromatic N) is 1. The van der Waals surface area contributed by atoms with Crippen molar-refractivity contribution in [1.29, 1.82) is 0 Å². The van der Waals surface area contributed by atoms with E-state index < -0.39 is 0 Å². The molecule has 0 radical (unpaired) electrons. The molecule has 1 N–H and O–H groups in total. The largest absolute Gasteiger partial charge is 0.618 e. The highest BCUT2D eigenvalue weighted by Gasteiger charge is 2.29. The summed E-state index contributed by atoms with van der Waals surface area (Å²) in [7, 11) is 0. The smallest absolute Gasteiger partial charge is 0.265 e. The molecule has 152 valence electrons. The Balaban J connectivity index is 2.53. The maximum atomic E-state index is 13.2. The van der Waals surface area contributed by atoms with Gasteiger partial charge in [0.25, 0.3) is 5.91 Å². The van der Waals surface area contributed by atoms with Gasteiger partial charge in [-0.15, -0.1) is 0 Å². The van der Waals surface area contributed by atoms with E-state index >= 15 is 0 Å². The Labute approximate surface area is 172 Å². The highest BCUT2D eigenvalue weighted by Crippen LogP contribution is 2.33. The van der Waals surface area contributed by atoms with Crippen LogP contribution >= 0.6 is 11.6 Å². The second kappa shape index (κ2) is 9.78. The molecule has 28 heavy (non-hydrogen) atoms. The van der Waals surface area contributed by atoms with E-state index in [4.69, 9.17) is 16.3 Å². The minimum atomic E-state index is -0.383. The van der Waals surface area contributed by atoms with E-state index in [2.05, 4.69) is 12.2 Å². The minimum absolute atomic E-state index is 0.182. The third kappa shape index (κ3) is 4.41. The number of benzene rings is 1. The summed E-state index contributed by atoms with van der Waals surface area (Å²) in [6.45, 7) is 9.82. The SMILES string of the molecule is CCCCOc1c(Cl)c(C)[n+]([O-])c(C)c1C(=O)Nc1c(CC)cccc1CC. The van der Waals surface area contributed by atoms with Gasteiger partial charge in [-0.25, -0.2) is 0 Å². The predicted octanol–water partition coefficient (Wildman–Crippen LogP) is 5.15. The zero-order valence-corrected chi connectivity index (χ0v) is 18.1. The van der Waals surface area contributed by atoms with E-state index in [1.165, 1.54) is 0 Å². The van der Waals surface area contributed by atoms with Crippen LogP contribution in [0.15, 0.2) is 18.2 Å². The number of para-hydroxylation sites is 1. The molecule has 0 aliphatic carbocycles.